The number of Topliss-reactive ketones (excluding diaryl/α,β-unsaturated/α-hetero) is 2. The average Bonchev–Trinajstić information content (AvgIpc) is 2.97. The van der Waals surface area contributed by atoms with Crippen molar-refractivity contribution in [3.8, 4) is 0 Å². The van der Waals surface area contributed by atoms with Crippen LogP contribution in [0.25, 0.3) is 0 Å². The molecule has 104 valence electrons. The number of hydrogen-bond acceptors (Lipinski definition) is 2. The number of fused-ring (bicyclic) bond motifs is 6. The third-order valence-electron chi connectivity index (χ3n) is 6.12. The Morgan fingerprint density at radius 1 is 1.00 bits per heavy atom. The summed E-state index contributed by atoms with van der Waals surface area (Å²) in [7, 11) is 0. The molecule has 4 rings (SSSR count). The number of carbonyl (C=O) groups is 2. The van der Waals surface area contributed by atoms with E-state index in [1.807, 2.05) is 18.2 Å². The Kier molecular flexibility index (Phi) is 2.48. The van der Waals surface area contributed by atoms with Gasteiger partial charge in [0.1, 0.15) is 0 Å². The first-order valence-electron chi connectivity index (χ1n) is 7.84. The van der Waals surface area contributed by atoms with Crippen molar-refractivity contribution in [2.75, 3.05) is 0 Å². The van der Waals surface area contributed by atoms with E-state index in [9.17, 15) is 9.59 Å². The van der Waals surface area contributed by atoms with Crippen LogP contribution in [0.15, 0.2) is 18.2 Å². The van der Waals surface area contributed by atoms with Gasteiger partial charge in [-0.15, -0.1) is 0 Å². The Labute approximate surface area is 119 Å². The van der Waals surface area contributed by atoms with Gasteiger partial charge in [-0.1, -0.05) is 26.0 Å². The molecule has 2 fully saturated rings. The normalized spacial score (nSPS) is 38.0. The summed E-state index contributed by atoms with van der Waals surface area (Å²) in [5, 5.41) is 0. The third-order valence-corrected chi connectivity index (χ3v) is 6.12. The zero-order valence-corrected chi connectivity index (χ0v) is 12.1. The summed E-state index contributed by atoms with van der Waals surface area (Å²) in [4.78, 5) is 25.7. The predicted octanol–water partition coefficient (Wildman–Crippen LogP) is 3.54. The van der Waals surface area contributed by atoms with Gasteiger partial charge in [-0.2, -0.15) is 0 Å². The molecule has 5 unspecified atom stereocenters. The smallest absolute Gasteiger partial charge is 0.167 e. The number of hydrogen-bond donors (Lipinski definition) is 0. The fourth-order valence-corrected chi connectivity index (χ4v) is 5.08. The lowest BCUT2D eigenvalue weighted by atomic mass is 9.67. The van der Waals surface area contributed by atoms with E-state index in [1.165, 1.54) is 0 Å². The Morgan fingerprint density at radius 2 is 1.60 bits per heavy atom. The van der Waals surface area contributed by atoms with Gasteiger partial charge in [-0.25, -0.2) is 0 Å². The molecule has 0 amide bonds. The van der Waals surface area contributed by atoms with Gasteiger partial charge in [0, 0.05) is 23.0 Å². The zero-order valence-electron chi connectivity index (χ0n) is 12.1. The van der Waals surface area contributed by atoms with E-state index in [2.05, 4.69) is 13.8 Å². The van der Waals surface area contributed by atoms with Crippen molar-refractivity contribution in [2.45, 2.75) is 33.1 Å². The fourth-order valence-electron chi connectivity index (χ4n) is 5.08. The second-order valence-electron chi connectivity index (χ2n) is 6.78. The van der Waals surface area contributed by atoms with Crippen LogP contribution in [0, 0.1) is 29.6 Å². The first-order chi connectivity index (χ1) is 9.63. The molecule has 3 aliphatic rings. The van der Waals surface area contributed by atoms with Gasteiger partial charge in [0.2, 0.25) is 0 Å². The quantitative estimate of drug-likeness (QED) is 0.780. The Balaban J connectivity index is 1.87. The van der Waals surface area contributed by atoms with Crippen LogP contribution in [-0.2, 0) is 6.42 Å². The van der Waals surface area contributed by atoms with E-state index in [-0.39, 0.29) is 23.4 Å². The zero-order chi connectivity index (χ0) is 14.0. The molecule has 0 N–H and O–H groups in total. The summed E-state index contributed by atoms with van der Waals surface area (Å²) in [5.74, 6) is 1.88. The van der Waals surface area contributed by atoms with Crippen LogP contribution in [0.5, 0.6) is 0 Å². The second-order valence-corrected chi connectivity index (χ2v) is 6.78. The first-order valence-corrected chi connectivity index (χ1v) is 7.84. The van der Waals surface area contributed by atoms with Gasteiger partial charge in [0.15, 0.2) is 11.6 Å². The van der Waals surface area contributed by atoms with Crippen molar-refractivity contribution in [2.24, 2.45) is 29.6 Å². The van der Waals surface area contributed by atoms with Crippen LogP contribution in [-0.4, -0.2) is 11.6 Å². The van der Waals surface area contributed by atoms with Gasteiger partial charge >= 0.3 is 0 Å². The van der Waals surface area contributed by atoms with Gasteiger partial charge in [-0.05, 0) is 48.6 Å². The molecule has 0 aromatic heterocycles. The molecule has 1 aromatic carbocycles. The minimum absolute atomic E-state index is 0.0174. The topological polar surface area (TPSA) is 34.1 Å². The first kappa shape index (κ1) is 12.3. The molecule has 3 aliphatic carbocycles. The number of carbonyl (C=O) groups excluding carboxylic acids is 2. The molecule has 0 aliphatic heterocycles. The maximum atomic E-state index is 12.9. The monoisotopic (exact) mass is 268 g/mol. The van der Waals surface area contributed by atoms with Crippen LogP contribution >= 0.6 is 0 Å². The van der Waals surface area contributed by atoms with E-state index in [1.54, 1.807) is 0 Å². The van der Waals surface area contributed by atoms with E-state index in [0.29, 0.717) is 28.9 Å². The summed E-state index contributed by atoms with van der Waals surface area (Å²) in [6.07, 6.45) is 3.18. The van der Waals surface area contributed by atoms with E-state index in [4.69, 9.17) is 0 Å². The van der Waals surface area contributed by atoms with Gasteiger partial charge in [0.05, 0.1) is 0 Å². The summed E-state index contributed by atoms with van der Waals surface area (Å²) < 4.78 is 0. The summed E-state index contributed by atoms with van der Waals surface area (Å²) in [6, 6.07) is 5.85. The van der Waals surface area contributed by atoms with Crippen molar-refractivity contribution in [3.05, 3.63) is 34.9 Å². The van der Waals surface area contributed by atoms with E-state index < -0.39 is 0 Å². The second kappa shape index (κ2) is 4.03. The molecule has 5 atom stereocenters. The van der Waals surface area contributed by atoms with Crippen molar-refractivity contribution >= 4 is 11.6 Å². The molecule has 2 bridgehead atoms. The SMILES string of the molecule is CCc1ccc2c(c1)C(=O)C1C3CCC(C3C)C1C2=O. The molecule has 20 heavy (non-hydrogen) atoms. The highest BCUT2D eigenvalue weighted by Crippen LogP contribution is 2.59. The minimum atomic E-state index is -0.0177. The number of aryl methyl sites for hydroxylation is 1. The summed E-state index contributed by atoms with van der Waals surface area (Å²) >= 11 is 0. The van der Waals surface area contributed by atoms with Crippen molar-refractivity contribution in [3.63, 3.8) is 0 Å². The van der Waals surface area contributed by atoms with Crippen LogP contribution in [0.2, 0.25) is 0 Å². The van der Waals surface area contributed by atoms with Crippen LogP contribution in [0.3, 0.4) is 0 Å². The molecule has 1 aromatic rings. The largest absolute Gasteiger partial charge is 0.294 e. The maximum absolute atomic E-state index is 12.9. The molecular formula is C18H20O2. The van der Waals surface area contributed by atoms with Crippen molar-refractivity contribution in [1.82, 2.24) is 0 Å². The van der Waals surface area contributed by atoms with Gasteiger partial charge in [-0.3, -0.25) is 9.59 Å². The van der Waals surface area contributed by atoms with Crippen LogP contribution in [0.4, 0.5) is 0 Å². The molecular weight excluding hydrogens is 248 g/mol. The Hall–Kier alpha value is -1.44. The van der Waals surface area contributed by atoms with Gasteiger partial charge in [0.25, 0.3) is 0 Å². The van der Waals surface area contributed by atoms with Crippen molar-refractivity contribution in [1.29, 1.82) is 0 Å². The molecule has 2 saturated carbocycles. The molecule has 0 spiro atoms. The lowest BCUT2D eigenvalue weighted by Crippen LogP contribution is -2.40. The number of ketones is 2. The summed E-state index contributed by atoms with van der Waals surface area (Å²) in [6.45, 7) is 4.32. The number of rotatable bonds is 1. The highest BCUT2D eigenvalue weighted by atomic mass is 16.1. The van der Waals surface area contributed by atoms with E-state index >= 15 is 0 Å². The fraction of sp³-hybridized carbons (Fsp3) is 0.556. The Morgan fingerprint density at radius 3 is 2.20 bits per heavy atom. The number of benzene rings is 1. The lowest BCUT2D eigenvalue weighted by Gasteiger charge is -2.33. The molecule has 2 heteroatoms. The molecule has 0 radical (unpaired) electrons. The van der Waals surface area contributed by atoms with Crippen LogP contribution in [0.1, 0.15) is 53.0 Å². The highest BCUT2D eigenvalue weighted by Gasteiger charge is 2.59. The minimum Gasteiger partial charge on any atom is -0.294 e. The molecule has 0 saturated heterocycles. The average molecular weight is 268 g/mol. The van der Waals surface area contributed by atoms with Gasteiger partial charge < -0.3 is 0 Å². The summed E-state index contributed by atoms with van der Waals surface area (Å²) in [5.41, 5.74) is 2.54. The Bertz CT molecular complexity index is 616. The van der Waals surface area contributed by atoms with Crippen LogP contribution < -0.4 is 0 Å². The molecule has 0 heterocycles. The van der Waals surface area contributed by atoms with Crippen molar-refractivity contribution < 1.29 is 9.59 Å². The van der Waals surface area contributed by atoms with E-state index in [0.717, 1.165) is 24.8 Å². The molecule has 2 nitrogen and oxygen atoms in total. The lowest BCUT2D eigenvalue weighted by molar-refractivity contribution is 0.0661. The highest BCUT2D eigenvalue weighted by molar-refractivity contribution is 6.16. The standard InChI is InChI=1S/C18H20O2/c1-3-10-4-5-13-14(8-10)18(20)16-12-7-6-11(9(12)2)15(16)17(13)19/h4-5,8-9,11-12,15-16H,3,6-7H2,1-2H3. The maximum Gasteiger partial charge on any atom is 0.167 e. The third kappa shape index (κ3) is 1.35. The predicted molar refractivity (Wildman–Crippen MR) is 76.8 cm³/mol.